The van der Waals surface area contributed by atoms with Crippen LogP contribution in [-0.4, -0.2) is 94.9 Å². The Labute approximate surface area is 397 Å². The van der Waals surface area contributed by atoms with Gasteiger partial charge in [-0.1, -0.05) is 78.8 Å². The third-order valence-corrected chi connectivity index (χ3v) is 14.3. The molecule has 3 aliphatic carbocycles. The summed E-state index contributed by atoms with van der Waals surface area (Å²) in [4.78, 5) is 63.8. The smallest absolute Gasteiger partial charge is 0.407 e. The number of alkyl halides is 2. The van der Waals surface area contributed by atoms with E-state index in [1.165, 1.54) is 20.3 Å². The molecule has 5 aliphatic rings. The first kappa shape index (κ1) is 47.3. The summed E-state index contributed by atoms with van der Waals surface area (Å²) in [6.45, 7) is 14.3. The van der Waals surface area contributed by atoms with Crippen LogP contribution in [0.3, 0.4) is 0 Å². The van der Waals surface area contributed by atoms with Crippen LogP contribution in [0.25, 0.3) is 33.5 Å². The molecule has 3 fully saturated rings. The van der Waals surface area contributed by atoms with E-state index < -0.39 is 30.2 Å². The second-order valence-electron chi connectivity index (χ2n) is 19.5. The van der Waals surface area contributed by atoms with Crippen molar-refractivity contribution in [3.05, 3.63) is 77.7 Å². The van der Waals surface area contributed by atoms with E-state index in [0.717, 1.165) is 49.0 Å². The summed E-state index contributed by atoms with van der Waals surface area (Å²) in [7, 11) is 2.54. The highest BCUT2D eigenvalue weighted by Crippen LogP contribution is 2.53. The van der Waals surface area contributed by atoms with Crippen LogP contribution in [0.4, 0.5) is 29.7 Å². The summed E-state index contributed by atoms with van der Waals surface area (Å²) >= 11 is 0. The summed E-state index contributed by atoms with van der Waals surface area (Å²) in [6.07, 6.45) is 4.79. The van der Waals surface area contributed by atoms with Crippen LogP contribution < -0.4 is 21.3 Å². The van der Waals surface area contributed by atoms with Gasteiger partial charge in [0.25, 0.3) is 5.92 Å². The number of nitrogens with one attached hydrogen (secondary N) is 5. The lowest BCUT2D eigenvalue weighted by Crippen LogP contribution is -2.60. The topological polar surface area (TPSA) is 170 Å². The molecule has 3 heterocycles. The van der Waals surface area contributed by atoms with Gasteiger partial charge in [0.15, 0.2) is 0 Å². The van der Waals surface area contributed by atoms with Crippen LogP contribution in [0.1, 0.15) is 103 Å². The van der Waals surface area contributed by atoms with Gasteiger partial charge in [0.1, 0.15) is 24.1 Å². The number of likely N-dealkylation sites (tertiary alicyclic amines) is 1. The molecular formula is C51H72F2N8O6. The van der Waals surface area contributed by atoms with E-state index in [2.05, 4.69) is 38.2 Å². The number of nitrogens with zero attached hydrogens (tertiary/aromatic N) is 3. The first-order valence-corrected chi connectivity index (χ1v) is 23.7. The number of rotatable bonds is 13. The Morgan fingerprint density at radius 1 is 0.836 bits per heavy atom. The summed E-state index contributed by atoms with van der Waals surface area (Å²) in [5, 5.41) is 12.6. The van der Waals surface area contributed by atoms with Crippen molar-refractivity contribution in [1.29, 1.82) is 0 Å². The Kier molecular flexibility index (Phi) is 13.0. The van der Waals surface area contributed by atoms with Crippen molar-refractivity contribution >= 4 is 35.4 Å². The standard InChI is InChI=1S/C49H58F2N8O6.C2H6.4H2/c1-25(2)40(56-46(62)64-6)44(60)58(24-48(5)16-17-48)23-39-52-22-38(53-39)29-10-14-33-32-13-9-27(19-34(32)49(50,51)35(33)20-29)28-11-15-36-37(21-28)55-43(54-36)42-30-8-12-31(18-30)59(42)45(61)41(26(3)4)57-47(63)65-7;1-2;;;;/h9-11,13-15,19-22,25-26,30-31,40-43,54-55H,8,12,16-18,23-24H2,1-7H3,(H,52,53)(H,56,62)(H,57,63);1-2H3;4*1H/t30?,31?,40?,41-,42?,43?;;;;;/m0...../s1. The highest BCUT2D eigenvalue weighted by Gasteiger charge is 2.54. The zero-order chi connectivity index (χ0) is 48.1. The molecule has 2 saturated carbocycles. The van der Waals surface area contributed by atoms with Crippen LogP contribution >= 0.6 is 0 Å². The molecule has 1 aromatic heterocycles. The Hall–Kier alpha value is -6.19. The van der Waals surface area contributed by atoms with Gasteiger partial charge < -0.3 is 45.5 Å². The molecule has 0 radical (unpaired) electrons. The van der Waals surface area contributed by atoms with Crippen molar-refractivity contribution in [2.24, 2.45) is 23.2 Å². The number of piperidine rings is 1. The number of anilines is 2. The minimum atomic E-state index is -3.28. The van der Waals surface area contributed by atoms with Gasteiger partial charge in [0, 0.05) is 35.0 Å². The molecule has 4 amide bonds. The number of aromatic nitrogens is 2. The molecule has 14 nitrogen and oxygen atoms in total. The van der Waals surface area contributed by atoms with Gasteiger partial charge in [-0.3, -0.25) is 9.59 Å². The van der Waals surface area contributed by atoms with Crippen LogP contribution in [0.5, 0.6) is 0 Å². The highest BCUT2D eigenvalue weighted by atomic mass is 19.3. The second-order valence-corrected chi connectivity index (χ2v) is 19.5. The van der Waals surface area contributed by atoms with Gasteiger partial charge in [0.05, 0.1) is 50.1 Å². The molecule has 5 N–H and O–H groups in total. The van der Waals surface area contributed by atoms with E-state index in [9.17, 15) is 19.2 Å². The molecule has 4 aromatic rings. The Morgan fingerprint density at radius 3 is 2.04 bits per heavy atom. The molecule has 16 heteroatoms. The average molecular weight is 931 g/mol. The van der Waals surface area contributed by atoms with Crippen molar-refractivity contribution in [3.63, 3.8) is 0 Å². The van der Waals surface area contributed by atoms with Crippen molar-refractivity contribution in [2.75, 3.05) is 31.4 Å². The van der Waals surface area contributed by atoms with Crippen LogP contribution in [-0.2, 0) is 31.5 Å². The summed E-state index contributed by atoms with van der Waals surface area (Å²) in [5.41, 5.74) is 4.91. The van der Waals surface area contributed by atoms with Gasteiger partial charge in [-0.05, 0) is 102 Å². The molecule has 366 valence electrons. The van der Waals surface area contributed by atoms with E-state index in [-0.39, 0.29) is 76.6 Å². The third kappa shape index (κ3) is 9.03. The number of halogens is 2. The molecule has 67 heavy (non-hydrogen) atoms. The molecule has 1 saturated heterocycles. The molecule has 3 aromatic carbocycles. The number of alkyl carbamates (subject to hydrolysis) is 2. The normalized spacial score (nSPS) is 21.7. The average Bonchev–Trinajstić information content (AvgIpc) is 3.89. The predicted molar refractivity (Wildman–Crippen MR) is 262 cm³/mol. The molecule has 2 bridgehead atoms. The van der Waals surface area contributed by atoms with Gasteiger partial charge >= 0.3 is 12.2 Å². The number of amides is 4. The summed E-state index contributed by atoms with van der Waals surface area (Å²) in [5.74, 6) is -3.20. The van der Waals surface area contributed by atoms with Crippen LogP contribution in [0.15, 0.2) is 60.8 Å². The minimum Gasteiger partial charge on any atom is -0.453 e. The molecule has 6 atom stereocenters. The zero-order valence-corrected chi connectivity index (χ0v) is 39.9. The van der Waals surface area contributed by atoms with Gasteiger partial charge in [0.2, 0.25) is 11.8 Å². The van der Waals surface area contributed by atoms with Gasteiger partial charge in [-0.2, -0.15) is 8.78 Å². The number of aromatic amines is 1. The maximum absolute atomic E-state index is 16.6. The number of carbonyl (C=O) groups excluding carboxylic acids is 4. The number of fused-ring (bicyclic) bond motifs is 6. The number of carbonyl (C=O) groups is 4. The first-order valence-electron chi connectivity index (χ1n) is 23.7. The number of hydrogen-bond donors (Lipinski definition) is 5. The molecule has 2 aliphatic heterocycles. The fourth-order valence-corrected chi connectivity index (χ4v) is 10.4. The monoisotopic (exact) mass is 931 g/mol. The molecule has 0 spiro atoms. The van der Waals surface area contributed by atoms with E-state index >= 15 is 8.78 Å². The van der Waals surface area contributed by atoms with Crippen molar-refractivity contribution in [3.8, 4) is 33.5 Å². The Bertz CT molecular complexity index is 2560. The maximum atomic E-state index is 16.6. The Morgan fingerprint density at radius 2 is 1.42 bits per heavy atom. The maximum Gasteiger partial charge on any atom is 0.407 e. The van der Waals surface area contributed by atoms with Gasteiger partial charge in [-0.25, -0.2) is 14.6 Å². The van der Waals surface area contributed by atoms with E-state index in [1.807, 2.05) is 70.7 Å². The van der Waals surface area contributed by atoms with Crippen LogP contribution in [0, 0.1) is 23.2 Å². The minimum absolute atomic E-state index is 0. The lowest BCUT2D eigenvalue weighted by atomic mass is 9.94. The number of methoxy groups -OCH3 is 2. The second kappa shape index (κ2) is 18.5. The fraction of sp³-hybridized carbons (Fsp3) is 0.510. The van der Waals surface area contributed by atoms with Gasteiger partial charge in [-0.15, -0.1) is 0 Å². The largest absolute Gasteiger partial charge is 0.453 e. The number of benzene rings is 3. The lowest BCUT2D eigenvalue weighted by Gasteiger charge is -2.41. The van der Waals surface area contributed by atoms with E-state index in [4.69, 9.17) is 9.47 Å². The fourth-order valence-electron chi connectivity index (χ4n) is 10.4. The van der Waals surface area contributed by atoms with Crippen LogP contribution in [0.2, 0.25) is 0 Å². The van der Waals surface area contributed by atoms with E-state index in [1.54, 1.807) is 35.4 Å². The molecule has 9 rings (SSSR count). The summed E-state index contributed by atoms with van der Waals surface area (Å²) in [6, 6.07) is 14.5. The number of hydrogen-bond acceptors (Lipinski definition) is 9. The van der Waals surface area contributed by atoms with Crippen molar-refractivity contribution in [1.82, 2.24) is 30.4 Å². The molecule has 5 unspecified atom stereocenters. The lowest BCUT2D eigenvalue weighted by molar-refractivity contribution is -0.139. The summed E-state index contributed by atoms with van der Waals surface area (Å²) < 4.78 is 42.9. The highest BCUT2D eigenvalue weighted by molar-refractivity contribution is 5.89. The third-order valence-electron chi connectivity index (χ3n) is 14.3. The first-order chi connectivity index (χ1) is 32.0. The predicted octanol–water partition coefficient (Wildman–Crippen LogP) is 10.3. The Balaban J connectivity index is 0.00000180. The molecular weight excluding hydrogens is 859 g/mol. The SMILES string of the molecule is CC.COC(=O)NC(C(=O)N(Cc1ncc(-c2ccc3c(c2)C(F)(F)c2cc(-c4ccc5c(c4)NC(C4C6CCC(C6)N4C(=O)[C@@H](NC(=O)OC)C(C)C)N5)ccc2-3)[nH]1)CC1(C)CC1)C(C)C.[HH].[HH].[HH].[HH]. The number of ether oxygens (including phenoxy) is 2. The van der Waals surface area contributed by atoms with Crippen molar-refractivity contribution < 1.29 is 43.1 Å². The number of H-pyrrole nitrogens is 1. The van der Waals surface area contributed by atoms with E-state index in [0.29, 0.717) is 40.3 Å². The zero-order valence-electron chi connectivity index (χ0n) is 39.9. The van der Waals surface area contributed by atoms with Crippen molar-refractivity contribution in [2.45, 2.75) is 123 Å². The number of imidazole rings is 1. The quantitative estimate of drug-likeness (QED) is 0.0876.